The second-order valence-corrected chi connectivity index (χ2v) is 6.57. The number of benzene rings is 2. The van der Waals surface area contributed by atoms with Gasteiger partial charge in [0.15, 0.2) is 41.2 Å². The molecule has 166 valence electrons. The summed E-state index contributed by atoms with van der Waals surface area (Å²) in [6, 6.07) is 6.03. The number of ether oxygens (including phenoxy) is 4. The molecular formula is C22H25NO8. The predicted octanol–water partition coefficient (Wildman–Crippen LogP) is 2.98. The molecule has 0 spiro atoms. The van der Waals surface area contributed by atoms with E-state index in [1.807, 2.05) is 0 Å². The number of esters is 1. The van der Waals surface area contributed by atoms with Crippen molar-refractivity contribution in [2.75, 3.05) is 33.3 Å². The maximum atomic E-state index is 11.9. The number of phenolic OH excluding ortho intramolecular Hbond substituents is 1. The second-order valence-electron chi connectivity index (χ2n) is 6.57. The minimum absolute atomic E-state index is 0.0755. The molecule has 0 amide bonds. The van der Waals surface area contributed by atoms with Crippen molar-refractivity contribution < 1.29 is 38.4 Å². The van der Waals surface area contributed by atoms with Crippen LogP contribution in [0.1, 0.15) is 40.1 Å². The van der Waals surface area contributed by atoms with E-state index in [9.17, 15) is 19.5 Å². The van der Waals surface area contributed by atoms with E-state index in [0.717, 1.165) is 0 Å². The number of nitrogens with one attached hydrogen (secondary N) is 1. The van der Waals surface area contributed by atoms with Gasteiger partial charge in [0.25, 0.3) is 0 Å². The number of ketones is 2. The van der Waals surface area contributed by atoms with Crippen molar-refractivity contribution in [3.8, 4) is 23.0 Å². The molecule has 0 fully saturated rings. The van der Waals surface area contributed by atoms with E-state index in [4.69, 9.17) is 14.2 Å². The molecule has 2 aromatic rings. The summed E-state index contributed by atoms with van der Waals surface area (Å²) in [7, 11) is 4.03. The fourth-order valence-electron chi connectivity index (χ4n) is 2.79. The van der Waals surface area contributed by atoms with Gasteiger partial charge in [-0.15, -0.1) is 0 Å². The van der Waals surface area contributed by atoms with E-state index >= 15 is 0 Å². The molecule has 0 aromatic heterocycles. The number of anilines is 1. The molecular weight excluding hydrogens is 406 g/mol. The largest absolute Gasteiger partial charge is 0.503 e. The first-order valence-electron chi connectivity index (χ1n) is 9.29. The van der Waals surface area contributed by atoms with E-state index < -0.39 is 5.97 Å². The third kappa shape index (κ3) is 5.65. The van der Waals surface area contributed by atoms with Gasteiger partial charge in [0.05, 0.1) is 27.0 Å². The van der Waals surface area contributed by atoms with Crippen LogP contribution >= 0.6 is 0 Å². The summed E-state index contributed by atoms with van der Waals surface area (Å²) < 4.78 is 20.6. The van der Waals surface area contributed by atoms with Gasteiger partial charge in [-0.3, -0.25) is 9.59 Å². The summed E-state index contributed by atoms with van der Waals surface area (Å²) in [4.78, 5) is 35.3. The minimum Gasteiger partial charge on any atom is -0.503 e. The molecule has 0 aliphatic heterocycles. The summed E-state index contributed by atoms with van der Waals surface area (Å²) >= 11 is 0. The average molecular weight is 431 g/mol. The van der Waals surface area contributed by atoms with Gasteiger partial charge in [-0.1, -0.05) is 0 Å². The number of methoxy groups -OCH3 is 3. The monoisotopic (exact) mass is 431 g/mol. The fraction of sp³-hybridized carbons (Fsp3) is 0.318. The first-order chi connectivity index (χ1) is 14.7. The van der Waals surface area contributed by atoms with Crippen LogP contribution in [0.15, 0.2) is 24.3 Å². The van der Waals surface area contributed by atoms with Gasteiger partial charge in [0.2, 0.25) is 0 Å². The van der Waals surface area contributed by atoms with Crippen LogP contribution in [0.25, 0.3) is 0 Å². The Morgan fingerprint density at radius 2 is 1.48 bits per heavy atom. The molecule has 2 aromatic carbocycles. The van der Waals surface area contributed by atoms with Crippen LogP contribution in [-0.2, 0) is 16.1 Å². The lowest BCUT2D eigenvalue weighted by Gasteiger charge is -2.18. The first-order valence-corrected chi connectivity index (χ1v) is 9.29. The van der Waals surface area contributed by atoms with Gasteiger partial charge < -0.3 is 29.4 Å². The Labute approximate surface area is 179 Å². The van der Waals surface area contributed by atoms with Crippen LogP contribution in [-0.4, -0.2) is 50.6 Å². The number of aromatic hydroxyl groups is 1. The maximum absolute atomic E-state index is 11.9. The number of phenols is 1. The van der Waals surface area contributed by atoms with Crippen LogP contribution < -0.4 is 19.5 Å². The Morgan fingerprint density at radius 1 is 0.903 bits per heavy atom. The first kappa shape index (κ1) is 23.5. The zero-order valence-corrected chi connectivity index (χ0v) is 18.0. The Bertz CT molecular complexity index is 999. The van der Waals surface area contributed by atoms with Gasteiger partial charge in [-0.25, -0.2) is 4.79 Å². The maximum Gasteiger partial charge on any atom is 0.343 e. The quantitative estimate of drug-likeness (QED) is 0.332. The highest BCUT2D eigenvalue weighted by molar-refractivity contribution is 5.96. The standard InChI is InChI=1S/C22H25NO8/c1-12(24)14-6-16(22(19(9-14)29-4)31-11-20(26)30-5)10-23-17-7-15(13(2)25)8-18(28-3)21(17)27/h6-9,23,27H,10-11H2,1-5H3. The number of hydrogen-bond acceptors (Lipinski definition) is 9. The summed E-state index contributed by atoms with van der Waals surface area (Å²) in [6.07, 6.45) is 0. The van der Waals surface area contributed by atoms with Crippen molar-refractivity contribution in [2.24, 2.45) is 0 Å². The highest BCUT2D eigenvalue weighted by Gasteiger charge is 2.18. The number of rotatable bonds is 10. The Hall–Kier alpha value is -3.75. The number of carbonyl (C=O) groups excluding carboxylic acids is 3. The molecule has 0 atom stereocenters. The number of carbonyl (C=O) groups is 3. The topological polar surface area (TPSA) is 120 Å². The number of hydrogen-bond donors (Lipinski definition) is 2. The van der Waals surface area contributed by atoms with Crippen LogP contribution in [0.5, 0.6) is 23.0 Å². The minimum atomic E-state index is -0.590. The van der Waals surface area contributed by atoms with Gasteiger partial charge in [0, 0.05) is 23.2 Å². The molecule has 0 aliphatic carbocycles. The zero-order chi connectivity index (χ0) is 23.1. The molecule has 0 bridgehead atoms. The van der Waals surface area contributed by atoms with E-state index in [2.05, 4.69) is 10.1 Å². The summed E-state index contributed by atoms with van der Waals surface area (Å²) in [5.41, 5.74) is 1.45. The molecule has 2 rings (SSSR count). The van der Waals surface area contributed by atoms with Crippen molar-refractivity contribution in [3.05, 3.63) is 41.0 Å². The smallest absolute Gasteiger partial charge is 0.343 e. The summed E-state index contributed by atoms with van der Waals surface area (Å²) in [6.45, 7) is 2.52. The highest BCUT2D eigenvalue weighted by Crippen LogP contribution is 2.38. The highest BCUT2D eigenvalue weighted by atomic mass is 16.6. The molecule has 9 heteroatoms. The Morgan fingerprint density at radius 3 is 2.03 bits per heavy atom. The predicted molar refractivity (Wildman–Crippen MR) is 112 cm³/mol. The van der Waals surface area contributed by atoms with E-state index in [0.29, 0.717) is 16.7 Å². The van der Waals surface area contributed by atoms with E-state index in [-0.39, 0.29) is 53.4 Å². The van der Waals surface area contributed by atoms with Crippen molar-refractivity contribution in [1.82, 2.24) is 0 Å². The van der Waals surface area contributed by atoms with Gasteiger partial charge in [0.1, 0.15) is 0 Å². The molecule has 0 radical (unpaired) electrons. The average Bonchev–Trinajstić information content (AvgIpc) is 2.75. The molecule has 0 saturated heterocycles. The summed E-state index contributed by atoms with van der Waals surface area (Å²) in [5.74, 6) is -0.544. The third-order valence-corrected chi connectivity index (χ3v) is 4.49. The molecule has 9 nitrogen and oxygen atoms in total. The Balaban J connectivity index is 2.46. The van der Waals surface area contributed by atoms with Crippen molar-refractivity contribution >= 4 is 23.2 Å². The molecule has 31 heavy (non-hydrogen) atoms. The molecule has 0 saturated carbocycles. The van der Waals surface area contributed by atoms with Gasteiger partial charge in [-0.2, -0.15) is 0 Å². The molecule has 0 aliphatic rings. The van der Waals surface area contributed by atoms with Gasteiger partial charge in [-0.05, 0) is 38.1 Å². The van der Waals surface area contributed by atoms with Crippen molar-refractivity contribution in [1.29, 1.82) is 0 Å². The SMILES string of the molecule is COC(=O)COc1c(CNc2cc(C(C)=O)cc(OC)c2O)cc(C(C)=O)cc1OC. The molecule has 0 unspecified atom stereocenters. The fourth-order valence-corrected chi connectivity index (χ4v) is 2.79. The van der Waals surface area contributed by atoms with Gasteiger partial charge >= 0.3 is 5.97 Å². The van der Waals surface area contributed by atoms with Crippen molar-refractivity contribution in [2.45, 2.75) is 20.4 Å². The normalized spacial score (nSPS) is 10.2. The molecule has 0 heterocycles. The Kier molecular flexibility index (Phi) is 7.84. The lowest BCUT2D eigenvalue weighted by Crippen LogP contribution is -2.15. The van der Waals surface area contributed by atoms with Crippen LogP contribution in [0.3, 0.4) is 0 Å². The van der Waals surface area contributed by atoms with Crippen LogP contribution in [0.4, 0.5) is 5.69 Å². The van der Waals surface area contributed by atoms with E-state index in [1.54, 1.807) is 6.07 Å². The van der Waals surface area contributed by atoms with Crippen LogP contribution in [0, 0.1) is 0 Å². The summed E-state index contributed by atoms with van der Waals surface area (Å²) in [5, 5.41) is 13.4. The lowest BCUT2D eigenvalue weighted by molar-refractivity contribution is -0.142. The van der Waals surface area contributed by atoms with Crippen molar-refractivity contribution in [3.63, 3.8) is 0 Å². The number of Topliss-reactive ketones (excluding diaryl/α,β-unsaturated/α-hetero) is 2. The third-order valence-electron chi connectivity index (χ3n) is 4.49. The zero-order valence-electron chi connectivity index (χ0n) is 18.0. The van der Waals surface area contributed by atoms with E-state index in [1.165, 1.54) is 53.4 Å². The second kappa shape index (κ2) is 10.3. The molecule has 2 N–H and O–H groups in total. The van der Waals surface area contributed by atoms with Crippen LogP contribution in [0.2, 0.25) is 0 Å². The lowest BCUT2D eigenvalue weighted by atomic mass is 10.0.